The maximum Gasteiger partial charge on any atom is 0.436 e. The van der Waals surface area contributed by atoms with Gasteiger partial charge in [0.25, 0.3) is 5.91 Å². The summed E-state index contributed by atoms with van der Waals surface area (Å²) in [6.45, 7) is 1.27. The third-order valence-electron chi connectivity index (χ3n) is 7.44. The van der Waals surface area contributed by atoms with E-state index in [-0.39, 0.29) is 29.4 Å². The molecule has 214 valence electrons. The number of rotatable bonds is 5. The number of anilines is 1. The number of nitrogens with zero attached hydrogens (tertiary/aromatic N) is 4. The summed E-state index contributed by atoms with van der Waals surface area (Å²) in [5.41, 5.74) is -0.353. The summed E-state index contributed by atoms with van der Waals surface area (Å²) in [5.74, 6) is -0.774. The number of benzene rings is 1. The van der Waals surface area contributed by atoms with Gasteiger partial charge in [-0.2, -0.15) is 22.6 Å². The number of carbonyl (C=O) groups is 2. The predicted octanol–water partition coefficient (Wildman–Crippen LogP) is 3.91. The molecular formula is C26H29F3N6O4S. The highest BCUT2D eigenvalue weighted by Crippen LogP contribution is 2.36. The molecule has 40 heavy (non-hydrogen) atoms. The van der Waals surface area contributed by atoms with Gasteiger partial charge in [-0.1, -0.05) is 0 Å². The molecule has 0 saturated carbocycles. The Bertz CT molecular complexity index is 1520. The summed E-state index contributed by atoms with van der Waals surface area (Å²) in [4.78, 5) is 26.1. The van der Waals surface area contributed by atoms with Crippen molar-refractivity contribution >= 4 is 33.2 Å². The van der Waals surface area contributed by atoms with Gasteiger partial charge in [0, 0.05) is 45.1 Å². The Morgan fingerprint density at radius 1 is 1.00 bits per heavy atom. The number of aromatic nitrogens is 2. The van der Waals surface area contributed by atoms with Gasteiger partial charge in [0.1, 0.15) is 0 Å². The van der Waals surface area contributed by atoms with Crippen molar-refractivity contribution in [2.75, 3.05) is 38.5 Å². The zero-order valence-corrected chi connectivity index (χ0v) is 22.6. The monoisotopic (exact) mass is 578 g/mol. The van der Waals surface area contributed by atoms with E-state index in [1.54, 1.807) is 12.1 Å². The summed E-state index contributed by atoms with van der Waals surface area (Å²) in [7, 11) is -2.31. The summed E-state index contributed by atoms with van der Waals surface area (Å²) in [5, 5.41) is 8.69. The first-order chi connectivity index (χ1) is 19.0. The molecule has 3 aromatic rings. The van der Waals surface area contributed by atoms with Crippen LogP contribution in [0.5, 0.6) is 0 Å². The number of carbonyl (C=O) groups excluding carboxylic acids is 2. The van der Waals surface area contributed by atoms with Crippen LogP contribution in [0.2, 0.25) is 0 Å². The highest BCUT2D eigenvalue weighted by Gasteiger charge is 2.42. The minimum Gasteiger partial charge on any atom is -0.341 e. The molecule has 0 aliphatic carbocycles. The molecular weight excluding hydrogens is 549 g/mol. The molecule has 0 spiro atoms. The van der Waals surface area contributed by atoms with Crippen LogP contribution in [0.1, 0.15) is 53.2 Å². The van der Waals surface area contributed by atoms with Gasteiger partial charge in [0.15, 0.2) is 5.69 Å². The summed E-state index contributed by atoms with van der Waals surface area (Å²) >= 11 is 0. The average molecular weight is 579 g/mol. The number of likely N-dealkylation sites (tertiary alicyclic amines) is 1. The van der Waals surface area contributed by atoms with E-state index in [2.05, 4.69) is 15.7 Å². The number of hydrogen-bond acceptors (Lipinski definition) is 5. The van der Waals surface area contributed by atoms with Crippen molar-refractivity contribution < 1.29 is 31.2 Å². The van der Waals surface area contributed by atoms with Gasteiger partial charge in [-0.3, -0.25) is 4.79 Å². The van der Waals surface area contributed by atoms with E-state index < -0.39 is 39.4 Å². The van der Waals surface area contributed by atoms with Crippen LogP contribution >= 0.6 is 0 Å². The first-order valence-corrected chi connectivity index (χ1v) is 14.4. The first kappa shape index (κ1) is 27.9. The second-order valence-corrected chi connectivity index (χ2v) is 11.9. The van der Waals surface area contributed by atoms with Crippen molar-refractivity contribution in [1.82, 2.24) is 24.1 Å². The number of sulfonamides is 1. The summed E-state index contributed by atoms with van der Waals surface area (Å²) < 4.78 is 70.4. The number of fused-ring (bicyclic) bond motifs is 1. The van der Waals surface area contributed by atoms with Gasteiger partial charge >= 0.3 is 12.2 Å². The van der Waals surface area contributed by atoms with E-state index >= 15 is 0 Å². The van der Waals surface area contributed by atoms with Crippen LogP contribution in [0.3, 0.4) is 0 Å². The van der Waals surface area contributed by atoms with Gasteiger partial charge < -0.3 is 15.5 Å². The van der Waals surface area contributed by atoms with E-state index in [4.69, 9.17) is 0 Å². The van der Waals surface area contributed by atoms with Crippen molar-refractivity contribution in [3.63, 3.8) is 0 Å². The Morgan fingerprint density at radius 2 is 1.65 bits per heavy atom. The van der Waals surface area contributed by atoms with Crippen LogP contribution in [0.15, 0.2) is 47.5 Å². The molecule has 0 unspecified atom stereocenters. The van der Waals surface area contributed by atoms with Crippen molar-refractivity contribution in [3.05, 3.63) is 59.4 Å². The molecule has 1 aromatic carbocycles. The number of amides is 3. The average Bonchev–Trinajstić information content (AvgIpc) is 3.61. The number of urea groups is 1. The molecule has 2 fully saturated rings. The van der Waals surface area contributed by atoms with Crippen molar-refractivity contribution in [2.45, 2.75) is 42.7 Å². The number of alkyl halides is 3. The van der Waals surface area contributed by atoms with E-state index in [0.29, 0.717) is 31.6 Å². The maximum atomic E-state index is 13.8. The van der Waals surface area contributed by atoms with Crippen LogP contribution in [-0.2, 0) is 16.2 Å². The highest BCUT2D eigenvalue weighted by atomic mass is 32.2. The molecule has 2 aliphatic rings. The maximum absolute atomic E-state index is 13.8. The number of piperidine rings is 1. The molecule has 2 aromatic heterocycles. The van der Waals surface area contributed by atoms with E-state index in [1.807, 2.05) is 0 Å². The third-order valence-corrected chi connectivity index (χ3v) is 9.35. The molecule has 3 amide bonds. The van der Waals surface area contributed by atoms with Crippen LogP contribution in [-0.4, -0.2) is 72.4 Å². The lowest BCUT2D eigenvalue weighted by Gasteiger charge is -2.31. The Hall–Kier alpha value is -3.65. The van der Waals surface area contributed by atoms with E-state index in [0.717, 1.165) is 22.9 Å². The van der Waals surface area contributed by atoms with Crippen LogP contribution in [0.4, 0.5) is 23.7 Å². The van der Waals surface area contributed by atoms with Gasteiger partial charge in [-0.15, -0.1) is 0 Å². The largest absolute Gasteiger partial charge is 0.436 e. The van der Waals surface area contributed by atoms with Gasteiger partial charge in [0.05, 0.1) is 16.0 Å². The number of pyridine rings is 1. The molecule has 2 saturated heterocycles. The normalized spacial score (nSPS) is 17.4. The fourth-order valence-electron chi connectivity index (χ4n) is 5.29. The lowest BCUT2D eigenvalue weighted by atomic mass is 9.90. The number of nitrogens with one attached hydrogen (secondary N) is 2. The Balaban J connectivity index is 1.35. The minimum atomic E-state index is -4.78. The standard InChI is InChI=1S/C26H29F3N6O4S/c1-30-25(37)31-19-4-6-20(7-5-19)40(38,39)34-13-8-17(9-14-34)18-10-15-35-21(16-18)22(23(32-35)26(27,28)29)24(36)33-11-2-3-12-33/h4-7,10,15-17H,2-3,8-9,11-14H2,1H3,(H2,30,31,37). The second-order valence-electron chi connectivity index (χ2n) is 9.92. The Labute approximate surface area is 229 Å². The number of halogens is 3. The van der Waals surface area contributed by atoms with Crippen LogP contribution in [0, 0.1) is 0 Å². The molecule has 4 heterocycles. The van der Waals surface area contributed by atoms with E-state index in [1.165, 1.54) is 46.7 Å². The number of hydrogen-bond donors (Lipinski definition) is 2. The molecule has 10 nitrogen and oxygen atoms in total. The van der Waals surface area contributed by atoms with Crippen molar-refractivity contribution in [1.29, 1.82) is 0 Å². The fourth-order valence-corrected chi connectivity index (χ4v) is 6.76. The molecule has 2 aliphatic heterocycles. The molecule has 0 radical (unpaired) electrons. The summed E-state index contributed by atoms with van der Waals surface area (Å²) in [6, 6.07) is 8.71. The van der Waals surface area contributed by atoms with Crippen molar-refractivity contribution in [3.8, 4) is 0 Å². The molecule has 14 heteroatoms. The van der Waals surface area contributed by atoms with Crippen LogP contribution < -0.4 is 10.6 Å². The second kappa shape index (κ2) is 10.7. The zero-order valence-electron chi connectivity index (χ0n) is 21.7. The SMILES string of the molecule is CNC(=O)Nc1ccc(S(=O)(=O)N2CCC(c3ccn4nc(C(F)(F)F)c(C(=O)N5CCCC5)c4c3)CC2)cc1. The predicted molar refractivity (Wildman–Crippen MR) is 141 cm³/mol. The van der Waals surface area contributed by atoms with Crippen LogP contribution in [0.25, 0.3) is 5.52 Å². The summed E-state index contributed by atoms with van der Waals surface area (Å²) in [6.07, 6.45) is -0.944. The zero-order chi connectivity index (χ0) is 28.7. The Kier molecular flexibility index (Phi) is 7.48. The lowest BCUT2D eigenvalue weighted by molar-refractivity contribution is -0.141. The topological polar surface area (TPSA) is 116 Å². The van der Waals surface area contributed by atoms with Gasteiger partial charge in [-0.25, -0.2) is 17.7 Å². The van der Waals surface area contributed by atoms with Crippen molar-refractivity contribution in [2.24, 2.45) is 0 Å². The molecule has 2 N–H and O–H groups in total. The smallest absolute Gasteiger partial charge is 0.341 e. The minimum absolute atomic E-state index is 0.0961. The lowest BCUT2D eigenvalue weighted by Crippen LogP contribution is -2.37. The molecule has 5 rings (SSSR count). The molecule has 0 bridgehead atoms. The van der Waals surface area contributed by atoms with Gasteiger partial charge in [0.2, 0.25) is 10.0 Å². The first-order valence-electron chi connectivity index (χ1n) is 13.0. The third kappa shape index (κ3) is 5.37. The van der Waals surface area contributed by atoms with E-state index in [9.17, 15) is 31.2 Å². The van der Waals surface area contributed by atoms with Gasteiger partial charge in [-0.05, 0) is 73.6 Å². The Morgan fingerprint density at radius 3 is 2.25 bits per heavy atom. The quantitative estimate of drug-likeness (QED) is 0.477. The highest BCUT2D eigenvalue weighted by molar-refractivity contribution is 7.89. The fraction of sp³-hybridized carbons (Fsp3) is 0.423. The molecule has 0 atom stereocenters.